The topological polar surface area (TPSA) is 59.2 Å². The van der Waals surface area contributed by atoms with E-state index in [1.54, 1.807) is 12.1 Å². The molecule has 2 heterocycles. The Labute approximate surface area is 160 Å². The molecule has 0 radical (unpaired) electrons. The van der Waals surface area contributed by atoms with Crippen LogP contribution in [0.4, 0.5) is 5.69 Å². The lowest BCUT2D eigenvalue weighted by molar-refractivity contribution is -0.116. The van der Waals surface area contributed by atoms with Crippen LogP contribution in [0.3, 0.4) is 0 Å². The number of aromatic nitrogens is 2. The zero-order chi connectivity index (χ0) is 18.1. The molecule has 132 valence electrons. The van der Waals surface area contributed by atoms with Crippen molar-refractivity contribution in [1.29, 1.82) is 0 Å². The van der Waals surface area contributed by atoms with E-state index in [1.807, 2.05) is 35.2 Å². The van der Waals surface area contributed by atoms with Crippen molar-refractivity contribution in [3.63, 3.8) is 0 Å². The van der Waals surface area contributed by atoms with Crippen molar-refractivity contribution < 1.29 is 9.21 Å². The van der Waals surface area contributed by atoms with Crippen LogP contribution in [0.25, 0.3) is 11.5 Å². The van der Waals surface area contributed by atoms with E-state index in [1.165, 1.54) is 17.3 Å². The first-order valence-corrected chi connectivity index (χ1v) is 9.60. The second kappa shape index (κ2) is 7.13. The molecule has 0 N–H and O–H groups in total. The van der Waals surface area contributed by atoms with E-state index in [2.05, 4.69) is 23.2 Å². The Bertz CT molecular complexity index is 959. The normalized spacial score (nSPS) is 15.9. The van der Waals surface area contributed by atoms with Crippen LogP contribution < -0.4 is 4.90 Å². The van der Waals surface area contributed by atoms with Gasteiger partial charge in [-0.15, -0.1) is 10.2 Å². The Morgan fingerprint density at radius 2 is 2.12 bits per heavy atom. The monoisotopic (exact) mass is 385 g/mol. The van der Waals surface area contributed by atoms with Gasteiger partial charge in [-0.1, -0.05) is 47.6 Å². The average molecular weight is 386 g/mol. The maximum atomic E-state index is 12.7. The summed E-state index contributed by atoms with van der Waals surface area (Å²) in [6.45, 7) is 2.06. The highest BCUT2D eigenvalue weighted by Gasteiger charge is 2.30. The number of hydrogen-bond acceptors (Lipinski definition) is 5. The molecular formula is C19H16ClN3O2S. The minimum atomic E-state index is 0.0370. The number of carbonyl (C=O) groups is 1. The van der Waals surface area contributed by atoms with Gasteiger partial charge in [-0.25, -0.2) is 0 Å². The summed E-state index contributed by atoms with van der Waals surface area (Å²) in [5.41, 5.74) is 2.96. The van der Waals surface area contributed by atoms with E-state index < -0.39 is 0 Å². The van der Waals surface area contributed by atoms with Gasteiger partial charge >= 0.3 is 0 Å². The predicted molar refractivity (Wildman–Crippen MR) is 103 cm³/mol. The zero-order valence-electron chi connectivity index (χ0n) is 14.1. The summed E-state index contributed by atoms with van der Waals surface area (Å²) < 4.78 is 5.65. The second-order valence-corrected chi connectivity index (χ2v) is 7.48. The van der Waals surface area contributed by atoms with E-state index in [0.717, 1.165) is 17.7 Å². The van der Waals surface area contributed by atoms with Gasteiger partial charge in [0.25, 0.3) is 5.22 Å². The van der Waals surface area contributed by atoms with Crippen LogP contribution in [0.1, 0.15) is 12.5 Å². The van der Waals surface area contributed by atoms with E-state index in [4.69, 9.17) is 16.0 Å². The highest BCUT2D eigenvalue weighted by Crippen LogP contribution is 2.33. The Morgan fingerprint density at radius 1 is 1.27 bits per heavy atom. The summed E-state index contributed by atoms with van der Waals surface area (Å²) in [5, 5.41) is 9.02. The highest BCUT2D eigenvalue weighted by atomic mass is 35.5. The summed E-state index contributed by atoms with van der Waals surface area (Å²) in [6.07, 6.45) is 0.881. The molecule has 2 aromatic carbocycles. The number of nitrogens with zero attached hydrogens (tertiary/aromatic N) is 3. The van der Waals surface area contributed by atoms with Crippen LogP contribution in [0.2, 0.25) is 5.02 Å². The Morgan fingerprint density at radius 3 is 2.96 bits per heavy atom. The fourth-order valence-electron chi connectivity index (χ4n) is 3.14. The molecule has 0 saturated heterocycles. The van der Waals surface area contributed by atoms with Gasteiger partial charge in [0.05, 0.1) is 5.75 Å². The third-order valence-electron chi connectivity index (χ3n) is 4.27. The average Bonchev–Trinajstić information content (AvgIpc) is 3.23. The van der Waals surface area contributed by atoms with Crippen LogP contribution in [-0.2, 0) is 11.2 Å². The van der Waals surface area contributed by atoms with Gasteiger partial charge < -0.3 is 9.32 Å². The molecule has 0 aliphatic carbocycles. The summed E-state index contributed by atoms with van der Waals surface area (Å²) in [5.74, 6) is 0.674. The van der Waals surface area contributed by atoms with Crippen molar-refractivity contribution in [2.24, 2.45) is 0 Å². The van der Waals surface area contributed by atoms with Gasteiger partial charge in [-0.05, 0) is 43.2 Å². The van der Waals surface area contributed by atoms with Crippen molar-refractivity contribution >= 4 is 35.0 Å². The third kappa shape index (κ3) is 3.34. The quantitative estimate of drug-likeness (QED) is 0.620. The van der Waals surface area contributed by atoms with Gasteiger partial charge in [0.1, 0.15) is 0 Å². The number of amides is 1. The molecule has 3 aromatic rings. The van der Waals surface area contributed by atoms with Crippen LogP contribution >= 0.6 is 23.4 Å². The number of rotatable bonds is 4. The molecule has 0 bridgehead atoms. The summed E-state index contributed by atoms with van der Waals surface area (Å²) >= 11 is 7.23. The fraction of sp³-hybridized carbons (Fsp3) is 0.211. The summed E-state index contributed by atoms with van der Waals surface area (Å²) in [7, 11) is 0. The number of para-hydroxylation sites is 1. The lowest BCUT2D eigenvalue weighted by Gasteiger charge is -2.22. The molecule has 4 rings (SSSR count). The summed E-state index contributed by atoms with van der Waals surface area (Å²) in [4.78, 5) is 14.6. The smallest absolute Gasteiger partial charge is 0.277 e. The second-order valence-electron chi connectivity index (χ2n) is 6.12. The Balaban J connectivity index is 1.44. The highest BCUT2D eigenvalue weighted by molar-refractivity contribution is 7.99. The van der Waals surface area contributed by atoms with Gasteiger partial charge in [-0.2, -0.15) is 0 Å². The fourth-order valence-corrected chi connectivity index (χ4v) is 3.96. The zero-order valence-corrected chi connectivity index (χ0v) is 15.6. The molecule has 0 spiro atoms. The molecule has 1 atom stereocenters. The SMILES string of the molecule is C[C@@H]1Cc2ccccc2N1C(=O)CSc1nnc(-c2cccc(Cl)c2)o1. The molecule has 1 amide bonds. The minimum absolute atomic E-state index is 0.0370. The van der Waals surface area contributed by atoms with Crippen LogP contribution in [0.15, 0.2) is 58.2 Å². The maximum absolute atomic E-state index is 12.7. The van der Waals surface area contributed by atoms with Crippen molar-refractivity contribution in [2.45, 2.75) is 24.6 Å². The first-order chi connectivity index (χ1) is 12.6. The first kappa shape index (κ1) is 17.1. The van der Waals surface area contributed by atoms with Crippen molar-refractivity contribution in [3.05, 3.63) is 59.1 Å². The largest absolute Gasteiger partial charge is 0.411 e. The molecule has 1 aliphatic rings. The molecule has 0 fully saturated rings. The van der Waals surface area contributed by atoms with Gasteiger partial charge in [0.15, 0.2) is 0 Å². The van der Waals surface area contributed by atoms with Crippen LogP contribution in [-0.4, -0.2) is 27.9 Å². The predicted octanol–water partition coefficient (Wildman–Crippen LogP) is 4.46. The minimum Gasteiger partial charge on any atom is -0.411 e. The van der Waals surface area contributed by atoms with Gasteiger partial charge in [0.2, 0.25) is 11.8 Å². The molecule has 0 unspecified atom stereocenters. The lowest BCUT2D eigenvalue weighted by atomic mass is 10.1. The number of thioether (sulfide) groups is 1. The summed E-state index contributed by atoms with van der Waals surface area (Å²) in [6, 6.07) is 15.4. The number of anilines is 1. The Kier molecular flexibility index (Phi) is 4.70. The van der Waals surface area contributed by atoms with Crippen molar-refractivity contribution in [1.82, 2.24) is 10.2 Å². The standard InChI is InChI=1S/C19H16ClN3O2S/c1-12-9-13-5-2-3-8-16(13)23(12)17(24)11-26-19-22-21-18(25-19)14-6-4-7-15(20)10-14/h2-8,10,12H,9,11H2,1H3/t12-/m1/s1. The first-order valence-electron chi connectivity index (χ1n) is 8.24. The van der Waals surface area contributed by atoms with E-state index in [-0.39, 0.29) is 17.7 Å². The molecule has 0 saturated carbocycles. The number of hydrogen-bond donors (Lipinski definition) is 0. The van der Waals surface area contributed by atoms with E-state index in [0.29, 0.717) is 16.1 Å². The molecule has 26 heavy (non-hydrogen) atoms. The van der Waals surface area contributed by atoms with Crippen molar-refractivity contribution in [2.75, 3.05) is 10.7 Å². The molecule has 1 aromatic heterocycles. The number of carbonyl (C=O) groups excluding carboxylic acids is 1. The Hall–Kier alpha value is -2.31. The van der Waals surface area contributed by atoms with E-state index >= 15 is 0 Å². The van der Waals surface area contributed by atoms with Gasteiger partial charge in [0, 0.05) is 22.3 Å². The van der Waals surface area contributed by atoms with Gasteiger partial charge in [-0.3, -0.25) is 4.79 Å². The number of halogens is 1. The molecule has 7 heteroatoms. The molecular weight excluding hydrogens is 370 g/mol. The number of fused-ring (bicyclic) bond motifs is 1. The number of benzene rings is 2. The van der Waals surface area contributed by atoms with Crippen LogP contribution in [0, 0.1) is 0 Å². The third-order valence-corrected chi connectivity index (χ3v) is 5.31. The van der Waals surface area contributed by atoms with E-state index in [9.17, 15) is 4.79 Å². The maximum Gasteiger partial charge on any atom is 0.277 e. The molecule has 5 nitrogen and oxygen atoms in total. The molecule has 1 aliphatic heterocycles. The van der Waals surface area contributed by atoms with Crippen molar-refractivity contribution in [3.8, 4) is 11.5 Å². The van der Waals surface area contributed by atoms with Crippen LogP contribution in [0.5, 0.6) is 0 Å². The lowest BCUT2D eigenvalue weighted by Crippen LogP contribution is -2.36.